The van der Waals surface area contributed by atoms with Crippen molar-refractivity contribution in [2.45, 2.75) is 59.3 Å². The predicted octanol–water partition coefficient (Wildman–Crippen LogP) is 3.45. The monoisotopic (exact) mass is 316 g/mol. The molecule has 1 aliphatic rings. The van der Waals surface area contributed by atoms with Crippen molar-refractivity contribution in [2.24, 2.45) is 11.5 Å². The Morgan fingerprint density at radius 2 is 1.70 bits per heavy atom. The van der Waals surface area contributed by atoms with E-state index >= 15 is 0 Å². The van der Waals surface area contributed by atoms with Crippen molar-refractivity contribution in [1.82, 2.24) is 0 Å². The molecule has 0 saturated heterocycles. The summed E-state index contributed by atoms with van der Waals surface area (Å²) in [5.74, 6) is -1.10. The van der Waals surface area contributed by atoms with Gasteiger partial charge in [-0.25, -0.2) is 0 Å². The quantitative estimate of drug-likeness (QED) is 0.672. The molecule has 4 heteroatoms. The molecule has 0 heterocycles. The van der Waals surface area contributed by atoms with Crippen LogP contribution in [0.5, 0.6) is 0 Å². The highest BCUT2D eigenvalue weighted by atomic mass is 16.2. The minimum atomic E-state index is -0.552. The van der Waals surface area contributed by atoms with Crippen molar-refractivity contribution in [3.8, 4) is 0 Å². The van der Waals surface area contributed by atoms with Crippen LogP contribution in [0, 0.1) is 0 Å². The fraction of sp³-hybridized carbons (Fsp3) is 0.474. The van der Waals surface area contributed by atoms with Crippen LogP contribution in [0.4, 0.5) is 0 Å². The Labute approximate surface area is 139 Å². The Hall–Kier alpha value is -2.10. The van der Waals surface area contributed by atoms with E-state index in [0.29, 0.717) is 24.0 Å². The Kier molecular flexibility index (Phi) is 7.52. The molecule has 1 aliphatic carbocycles. The van der Waals surface area contributed by atoms with Gasteiger partial charge in [0.25, 0.3) is 0 Å². The molecule has 0 saturated carbocycles. The number of allylic oxidation sites excluding steroid dienone is 6. The molecule has 4 N–H and O–H groups in total. The Balaban J connectivity index is 2.53. The molecular weight excluding hydrogens is 288 g/mol. The number of hydrogen-bond donors (Lipinski definition) is 2. The van der Waals surface area contributed by atoms with E-state index in [0.717, 1.165) is 31.3 Å². The largest absolute Gasteiger partial charge is 0.366 e. The van der Waals surface area contributed by atoms with E-state index in [1.807, 2.05) is 6.08 Å². The summed E-state index contributed by atoms with van der Waals surface area (Å²) in [6.07, 6.45) is 11.3. The average Bonchev–Trinajstić information content (AvgIpc) is 2.46. The molecule has 0 radical (unpaired) electrons. The third-order valence-corrected chi connectivity index (χ3v) is 4.01. The van der Waals surface area contributed by atoms with Crippen LogP contribution in [0.3, 0.4) is 0 Å². The molecule has 0 fully saturated rings. The number of primary amides is 2. The lowest BCUT2D eigenvalue weighted by molar-refractivity contribution is -0.117. The average molecular weight is 316 g/mol. The first-order valence-corrected chi connectivity index (χ1v) is 8.09. The number of nitrogens with two attached hydrogens (primary N) is 2. The zero-order valence-corrected chi connectivity index (χ0v) is 14.4. The van der Waals surface area contributed by atoms with Gasteiger partial charge in [-0.1, -0.05) is 34.9 Å². The topological polar surface area (TPSA) is 86.2 Å². The van der Waals surface area contributed by atoms with Gasteiger partial charge in [-0.05, 0) is 59.3 Å². The normalized spacial score (nSPS) is 15.3. The van der Waals surface area contributed by atoms with E-state index < -0.39 is 11.8 Å². The second-order valence-corrected chi connectivity index (χ2v) is 6.34. The number of amides is 2. The van der Waals surface area contributed by atoms with E-state index in [-0.39, 0.29) is 0 Å². The van der Waals surface area contributed by atoms with Crippen LogP contribution in [0.1, 0.15) is 59.3 Å². The molecule has 126 valence electrons. The second kappa shape index (κ2) is 9.13. The van der Waals surface area contributed by atoms with E-state index in [1.165, 1.54) is 11.1 Å². The van der Waals surface area contributed by atoms with Crippen LogP contribution in [0.25, 0.3) is 0 Å². The summed E-state index contributed by atoms with van der Waals surface area (Å²) in [4.78, 5) is 22.8. The van der Waals surface area contributed by atoms with Gasteiger partial charge in [0.2, 0.25) is 11.8 Å². The van der Waals surface area contributed by atoms with Crippen LogP contribution in [0.15, 0.2) is 46.1 Å². The summed E-state index contributed by atoms with van der Waals surface area (Å²) in [6, 6.07) is 0. The van der Waals surface area contributed by atoms with E-state index in [2.05, 4.69) is 32.9 Å². The van der Waals surface area contributed by atoms with E-state index in [4.69, 9.17) is 11.5 Å². The minimum Gasteiger partial charge on any atom is -0.366 e. The van der Waals surface area contributed by atoms with Crippen LogP contribution >= 0.6 is 0 Å². The summed E-state index contributed by atoms with van der Waals surface area (Å²) in [5.41, 5.74) is 15.3. The summed E-state index contributed by atoms with van der Waals surface area (Å²) < 4.78 is 0. The summed E-state index contributed by atoms with van der Waals surface area (Å²) in [6.45, 7) is 6.37. The fourth-order valence-electron chi connectivity index (χ4n) is 2.65. The zero-order valence-electron chi connectivity index (χ0n) is 14.4. The van der Waals surface area contributed by atoms with Crippen molar-refractivity contribution in [3.63, 3.8) is 0 Å². The standard InChI is InChI=1S/C19H28N2O2/c1-13(2)6-4-7-14(3)8-5-9-15-10-11-16(18(20)22)17(12-15)19(21)23/h6,8,10H,4-5,7,9,11-12H2,1-3H3,(H2,20,22)(H2,21,23)/b14-8+. The van der Waals surface area contributed by atoms with Crippen LogP contribution in [-0.4, -0.2) is 11.8 Å². The molecule has 0 aromatic heterocycles. The van der Waals surface area contributed by atoms with Gasteiger partial charge in [0.15, 0.2) is 0 Å². The summed E-state index contributed by atoms with van der Waals surface area (Å²) >= 11 is 0. The lowest BCUT2D eigenvalue weighted by atomic mass is 9.88. The summed E-state index contributed by atoms with van der Waals surface area (Å²) in [7, 11) is 0. The second-order valence-electron chi connectivity index (χ2n) is 6.34. The maximum Gasteiger partial charge on any atom is 0.245 e. The van der Waals surface area contributed by atoms with Crippen molar-refractivity contribution >= 4 is 11.8 Å². The van der Waals surface area contributed by atoms with Gasteiger partial charge in [0.1, 0.15) is 0 Å². The van der Waals surface area contributed by atoms with Gasteiger partial charge in [-0.2, -0.15) is 0 Å². The van der Waals surface area contributed by atoms with Crippen LogP contribution in [0.2, 0.25) is 0 Å². The minimum absolute atomic E-state index is 0.356. The Morgan fingerprint density at radius 3 is 2.26 bits per heavy atom. The first-order valence-electron chi connectivity index (χ1n) is 8.09. The molecule has 0 unspecified atom stereocenters. The molecule has 1 rings (SSSR count). The number of hydrogen-bond acceptors (Lipinski definition) is 2. The van der Waals surface area contributed by atoms with Crippen molar-refractivity contribution in [2.75, 3.05) is 0 Å². The van der Waals surface area contributed by atoms with Gasteiger partial charge in [0.05, 0.1) is 0 Å². The first kappa shape index (κ1) is 18.9. The van der Waals surface area contributed by atoms with Crippen LogP contribution in [-0.2, 0) is 9.59 Å². The summed E-state index contributed by atoms with van der Waals surface area (Å²) in [5, 5.41) is 0. The molecule has 0 atom stereocenters. The molecule has 2 amide bonds. The Bertz CT molecular complexity index is 588. The molecule has 0 spiro atoms. The predicted molar refractivity (Wildman–Crippen MR) is 94.4 cm³/mol. The van der Waals surface area contributed by atoms with Crippen molar-refractivity contribution < 1.29 is 9.59 Å². The van der Waals surface area contributed by atoms with Gasteiger partial charge >= 0.3 is 0 Å². The first-order chi connectivity index (χ1) is 10.8. The molecule has 0 aromatic rings. The van der Waals surface area contributed by atoms with Crippen molar-refractivity contribution in [3.05, 3.63) is 46.1 Å². The highest BCUT2D eigenvalue weighted by Gasteiger charge is 2.21. The molecule has 0 aromatic carbocycles. The van der Waals surface area contributed by atoms with E-state index in [9.17, 15) is 9.59 Å². The molecular formula is C19H28N2O2. The molecule has 23 heavy (non-hydrogen) atoms. The number of carbonyl (C=O) groups excluding carboxylic acids is 2. The van der Waals surface area contributed by atoms with E-state index in [1.54, 1.807) is 0 Å². The highest BCUT2D eigenvalue weighted by Crippen LogP contribution is 2.27. The third kappa shape index (κ3) is 6.68. The maximum atomic E-state index is 11.5. The van der Waals surface area contributed by atoms with Gasteiger partial charge in [-0.3, -0.25) is 9.59 Å². The molecule has 0 aliphatic heterocycles. The Morgan fingerprint density at radius 1 is 1.04 bits per heavy atom. The lowest BCUT2D eigenvalue weighted by Gasteiger charge is -2.17. The van der Waals surface area contributed by atoms with Gasteiger partial charge in [-0.15, -0.1) is 0 Å². The lowest BCUT2D eigenvalue weighted by Crippen LogP contribution is -2.24. The maximum absolute atomic E-state index is 11.5. The van der Waals surface area contributed by atoms with Gasteiger partial charge in [0, 0.05) is 11.1 Å². The molecule has 0 bridgehead atoms. The highest BCUT2D eigenvalue weighted by molar-refractivity contribution is 6.04. The fourth-order valence-corrected chi connectivity index (χ4v) is 2.65. The molecule has 4 nitrogen and oxygen atoms in total. The number of carbonyl (C=O) groups is 2. The zero-order chi connectivity index (χ0) is 17.4. The van der Waals surface area contributed by atoms with Crippen LogP contribution < -0.4 is 11.5 Å². The van der Waals surface area contributed by atoms with Crippen molar-refractivity contribution in [1.29, 1.82) is 0 Å². The SMILES string of the molecule is CC(C)=CCC/C(C)=C/CCC1=CCC(C(N)=O)=C(C(N)=O)C1. The number of rotatable bonds is 8. The third-order valence-electron chi connectivity index (χ3n) is 4.01. The van der Waals surface area contributed by atoms with Gasteiger partial charge < -0.3 is 11.5 Å². The smallest absolute Gasteiger partial charge is 0.245 e.